The molecule has 22 heavy (non-hydrogen) atoms. The predicted molar refractivity (Wildman–Crippen MR) is 89.1 cm³/mol. The van der Waals surface area contributed by atoms with E-state index >= 15 is 0 Å². The molecule has 124 valence electrons. The van der Waals surface area contributed by atoms with E-state index in [4.69, 9.17) is 10.5 Å². The summed E-state index contributed by atoms with van der Waals surface area (Å²) in [6, 6.07) is 3.76. The number of hydrogen-bond donors (Lipinski definition) is 2. The van der Waals surface area contributed by atoms with Crippen molar-refractivity contribution in [3.8, 4) is 5.88 Å². The summed E-state index contributed by atoms with van der Waals surface area (Å²) in [4.78, 5) is 16.2. The van der Waals surface area contributed by atoms with E-state index in [1.54, 1.807) is 13.1 Å². The molecule has 1 aromatic heterocycles. The highest BCUT2D eigenvalue weighted by Crippen LogP contribution is 2.29. The number of amides is 1. The lowest BCUT2D eigenvalue weighted by molar-refractivity contribution is -0.126. The second-order valence-corrected chi connectivity index (χ2v) is 6.11. The smallest absolute Gasteiger partial charge is 0.240 e. The van der Waals surface area contributed by atoms with Gasteiger partial charge in [0.25, 0.3) is 0 Å². The highest BCUT2D eigenvalue weighted by Gasteiger charge is 2.26. The van der Waals surface area contributed by atoms with E-state index in [1.807, 2.05) is 19.1 Å². The van der Waals surface area contributed by atoms with Crippen molar-refractivity contribution in [1.29, 1.82) is 0 Å². The molecular weight excluding hydrogens is 302 g/mol. The maximum Gasteiger partial charge on any atom is 0.240 e. The van der Waals surface area contributed by atoms with Crippen molar-refractivity contribution >= 4 is 18.3 Å². The number of rotatable bonds is 8. The van der Waals surface area contributed by atoms with Crippen molar-refractivity contribution < 1.29 is 9.53 Å². The van der Waals surface area contributed by atoms with Gasteiger partial charge in [-0.1, -0.05) is 19.4 Å². The summed E-state index contributed by atoms with van der Waals surface area (Å²) in [7, 11) is 0. The molecule has 1 aliphatic rings. The van der Waals surface area contributed by atoms with Crippen LogP contribution in [0, 0.1) is 5.92 Å². The molecule has 5 nitrogen and oxygen atoms in total. The van der Waals surface area contributed by atoms with E-state index in [-0.39, 0.29) is 18.3 Å². The van der Waals surface area contributed by atoms with E-state index in [9.17, 15) is 4.79 Å². The van der Waals surface area contributed by atoms with Gasteiger partial charge in [0.15, 0.2) is 0 Å². The molecule has 0 bridgehead atoms. The van der Waals surface area contributed by atoms with Gasteiger partial charge in [-0.3, -0.25) is 4.79 Å². The number of halogens is 1. The van der Waals surface area contributed by atoms with Gasteiger partial charge in [0.2, 0.25) is 11.8 Å². The zero-order valence-corrected chi connectivity index (χ0v) is 14.1. The van der Waals surface area contributed by atoms with Crippen LogP contribution >= 0.6 is 12.4 Å². The van der Waals surface area contributed by atoms with Gasteiger partial charge in [-0.2, -0.15) is 0 Å². The summed E-state index contributed by atoms with van der Waals surface area (Å²) in [5.74, 6) is 1.23. The van der Waals surface area contributed by atoms with Crippen LogP contribution in [-0.2, 0) is 11.3 Å². The minimum atomic E-state index is -0.810. The molecule has 0 saturated heterocycles. The van der Waals surface area contributed by atoms with Crippen LogP contribution in [0.25, 0.3) is 0 Å². The largest absolute Gasteiger partial charge is 0.477 e. The highest BCUT2D eigenvalue weighted by atomic mass is 35.5. The van der Waals surface area contributed by atoms with Gasteiger partial charge in [-0.15, -0.1) is 12.4 Å². The van der Waals surface area contributed by atoms with Crippen LogP contribution < -0.4 is 15.8 Å². The SMILES string of the molecule is CCCC(C)(N)C(=O)NCc1ccc(OCC2CC2)nc1.Cl. The standard InChI is InChI=1S/C16H25N3O2.ClH/c1-3-8-16(2,17)15(20)19-10-13-6-7-14(18-9-13)21-11-12-4-5-12;/h6-7,9,12H,3-5,8,10-11,17H2,1-2H3,(H,19,20);1H. The van der Waals surface area contributed by atoms with Crippen LogP contribution in [0.1, 0.15) is 45.1 Å². The molecule has 0 aliphatic heterocycles. The molecule has 0 radical (unpaired) electrons. The average molecular weight is 328 g/mol. The van der Waals surface area contributed by atoms with Gasteiger partial charge >= 0.3 is 0 Å². The minimum absolute atomic E-state index is 0. The van der Waals surface area contributed by atoms with Crippen molar-refractivity contribution in [2.24, 2.45) is 11.7 Å². The van der Waals surface area contributed by atoms with E-state index < -0.39 is 5.54 Å². The highest BCUT2D eigenvalue weighted by molar-refractivity contribution is 5.85. The first-order valence-corrected chi connectivity index (χ1v) is 7.66. The Balaban J connectivity index is 0.00000242. The molecule has 1 aliphatic carbocycles. The molecule has 0 aromatic carbocycles. The Hall–Kier alpha value is -1.33. The Morgan fingerprint density at radius 2 is 2.23 bits per heavy atom. The molecule has 1 unspecified atom stereocenters. The first kappa shape index (κ1) is 18.7. The molecule has 1 heterocycles. The molecule has 1 atom stereocenters. The number of pyridine rings is 1. The maximum atomic E-state index is 12.0. The second kappa shape index (κ2) is 8.34. The van der Waals surface area contributed by atoms with Gasteiger partial charge in [0, 0.05) is 18.8 Å². The molecule has 1 fully saturated rings. The summed E-state index contributed by atoms with van der Waals surface area (Å²) in [6.45, 7) is 4.97. The van der Waals surface area contributed by atoms with Crippen LogP contribution in [0.2, 0.25) is 0 Å². The maximum absolute atomic E-state index is 12.0. The van der Waals surface area contributed by atoms with E-state index in [0.29, 0.717) is 24.8 Å². The zero-order chi connectivity index (χ0) is 15.3. The summed E-state index contributed by atoms with van der Waals surface area (Å²) >= 11 is 0. The molecule has 1 aromatic rings. The summed E-state index contributed by atoms with van der Waals surface area (Å²) in [5, 5.41) is 2.86. The molecule has 1 saturated carbocycles. The number of hydrogen-bond acceptors (Lipinski definition) is 4. The minimum Gasteiger partial charge on any atom is -0.477 e. The van der Waals surface area contributed by atoms with Gasteiger partial charge in [0.1, 0.15) is 0 Å². The fourth-order valence-corrected chi connectivity index (χ4v) is 2.11. The number of carbonyl (C=O) groups is 1. The number of nitrogens with zero attached hydrogens (tertiary/aromatic N) is 1. The number of nitrogens with one attached hydrogen (secondary N) is 1. The molecule has 2 rings (SSSR count). The van der Waals surface area contributed by atoms with Crippen molar-refractivity contribution in [2.75, 3.05) is 6.61 Å². The third kappa shape index (κ3) is 5.81. The lowest BCUT2D eigenvalue weighted by atomic mass is 9.96. The normalized spacial score (nSPS) is 16.3. The Labute approximate surface area is 138 Å². The fraction of sp³-hybridized carbons (Fsp3) is 0.625. The van der Waals surface area contributed by atoms with E-state index in [1.165, 1.54) is 12.8 Å². The lowest BCUT2D eigenvalue weighted by Crippen LogP contribution is -2.51. The topological polar surface area (TPSA) is 77.2 Å². The van der Waals surface area contributed by atoms with Crippen molar-refractivity contribution in [3.05, 3.63) is 23.9 Å². The van der Waals surface area contributed by atoms with Crippen LogP contribution in [0.5, 0.6) is 5.88 Å². The molecule has 3 N–H and O–H groups in total. The first-order chi connectivity index (χ1) is 10.0. The average Bonchev–Trinajstić information content (AvgIpc) is 3.27. The summed E-state index contributed by atoms with van der Waals surface area (Å²) < 4.78 is 5.58. The monoisotopic (exact) mass is 327 g/mol. The quantitative estimate of drug-likeness (QED) is 0.768. The van der Waals surface area contributed by atoms with Crippen LogP contribution in [0.15, 0.2) is 18.3 Å². The Bertz CT molecular complexity index is 473. The van der Waals surface area contributed by atoms with E-state index in [2.05, 4.69) is 10.3 Å². The number of aromatic nitrogens is 1. The molecule has 1 amide bonds. The third-order valence-corrected chi connectivity index (χ3v) is 3.70. The summed E-state index contributed by atoms with van der Waals surface area (Å²) in [6.07, 6.45) is 5.82. The summed E-state index contributed by atoms with van der Waals surface area (Å²) in [5.41, 5.74) is 6.11. The van der Waals surface area contributed by atoms with Gasteiger partial charge < -0.3 is 15.8 Å². The Morgan fingerprint density at radius 3 is 2.77 bits per heavy atom. The van der Waals surface area contributed by atoms with Gasteiger partial charge in [0.05, 0.1) is 12.1 Å². The number of nitrogens with two attached hydrogens (primary N) is 1. The van der Waals surface area contributed by atoms with Crippen molar-refractivity contribution in [1.82, 2.24) is 10.3 Å². The van der Waals surface area contributed by atoms with Crippen molar-refractivity contribution in [3.63, 3.8) is 0 Å². The molecule has 0 spiro atoms. The first-order valence-electron chi connectivity index (χ1n) is 7.66. The fourth-order valence-electron chi connectivity index (χ4n) is 2.11. The lowest BCUT2D eigenvalue weighted by Gasteiger charge is -2.22. The number of ether oxygens (including phenoxy) is 1. The van der Waals surface area contributed by atoms with Crippen LogP contribution in [0.4, 0.5) is 0 Å². The Morgan fingerprint density at radius 1 is 1.50 bits per heavy atom. The number of carbonyl (C=O) groups excluding carboxylic acids is 1. The second-order valence-electron chi connectivity index (χ2n) is 6.11. The van der Waals surface area contributed by atoms with Gasteiger partial charge in [-0.25, -0.2) is 4.98 Å². The zero-order valence-electron chi connectivity index (χ0n) is 13.3. The van der Waals surface area contributed by atoms with Crippen LogP contribution in [-0.4, -0.2) is 23.0 Å². The van der Waals surface area contributed by atoms with Crippen molar-refractivity contribution in [2.45, 2.75) is 51.6 Å². The Kier molecular flexibility index (Phi) is 7.10. The molecule has 6 heteroatoms. The predicted octanol–water partition coefficient (Wildman–Crippen LogP) is 2.43. The molecular formula is C16H26ClN3O2. The van der Waals surface area contributed by atoms with E-state index in [0.717, 1.165) is 18.6 Å². The van der Waals surface area contributed by atoms with Crippen LogP contribution in [0.3, 0.4) is 0 Å². The third-order valence-electron chi connectivity index (χ3n) is 3.70. The van der Waals surface area contributed by atoms with Gasteiger partial charge in [-0.05, 0) is 37.7 Å².